The van der Waals surface area contributed by atoms with Crippen LogP contribution in [0, 0.1) is 6.92 Å². The summed E-state index contributed by atoms with van der Waals surface area (Å²) in [6.07, 6.45) is 2.83. The number of amides is 1. The Hall–Kier alpha value is -3.15. The molecule has 0 bridgehead atoms. The van der Waals surface area contributed by atoms with E-state index in [2.05, 4.69) is 10.2 Å². The van der Waals surface area contributed by atoms with E-state index in [0.29, 0.717) is 17.1 Å². The molecule has 6 nitrogen and oxygen atoms in total. The van der Waals surface area contributed by atoms with Crippen molar-refractivity contribution in [3.8, 4) is 0 Å². The van der Waals surface area contributed by atoms with Crippen LogP contribution >= 0.6 is 0 Å². The molecular formula is C24H29N3O3. The molecule has 0 radical (unpaired) electrons. The van der Waals surface area contributed by atoms with Crippen LogP contribution in [-0.4, -0.2) is 41.8 Å². The minimum absolute atomic E-state index is 0.212. The van der Waals surface area contributed by atoms with Gasteiger partial charge >= 0.3 is 5.97 Å². The van der Waals surface area contributed by atoms with Gasteiger partial charge in [0, 0.05) is 25.7 Å². The van der Waals surface area contributed by atoms with Crippen molar-refractivity contribution in [3.05, 3.63) is 59.7 Å². The van der Waals surface area contributed by atoms with Gasteiger partial charge in [0.15, 0.2) is 6.10 Å². The predicted molar refractivity (Wildman–Crippen MR) is 119 cm³/mol. The van der Waals surface area contributed by atoms with E-state index in [1.807, 2.05) is 62.4 Å². The van der Waals surface area contributed by atoms with Crippen LogP contribution in [0.25, 0.3) is 0 Å². The van der Waals surface area contributed by atoms with Gasteiger partial charge in [-0.15, -0.1) is 0 Å². The number of carbonyl (C=O) groups excluding carboxylic acids is 2. The zero-order chi connectivity index (χ0) is 21.5. The summed E-state index contributed by atoms with van der Waals surface area (Å²) in [5.74, 6) is 0.124. The van der Waals surface area contributed by atoms with Gasteiger partial charge in [-0.25, -0.2) is 4.99 Å². The number of hydrogen-bond donors (Lipinski definition) is 1. The van der Waals surface area contributed by atoms with E-state index >= 15 is 0 Å². The van der Waals surface area contributed by atoms with Crippen molar-refractivity contribution in [1.29, 1.82) is 0 Å². The molecule has 1 fully saturated rings. The van der Waals surface area contributed by atoms with Crippen molar-refractivity contribution in [3.63, 3.8) is 0 Å². The lowest BCUT2D eigenvalue weighted by atomic mass is 10.1. The number of anilines is 1. The fraction of sp³-hybridized carbons (Fsp3) is 0.375. The van der Waals surface area contributed by atoms with Gasteiger partial charge < -0.3 is 15.0 Å². The number of esters is 1. The Morgan fingerprint density at radius 3 is 2.40 bits per heavy atom. The average molecular weight is 408 g/mol. The summed E-state index contributed by atoms with van der Waals surface area (Å²) in [6, 6.07) is 15.0. The average Bonchev–Trinajstić information content (AvgIpc) is 2.72. The molecule has 1 aliphatic rings. The predicted octanol–water partition coefficient (Wildman–Crippen LogP) is 4.71. The fourth-order valence-corrected chi connectivity index (χ4v) is 3.72. The highest BCUT2D eigenvalue weighted by molar-refractivity contribution is 6.09. The normalized spacial score (nSPS) is 15.4. The Bertz CT molecular complexity index is 919. The number of likely N-dealkylation sites (tertiary alicyclic amines) is 1. The molecule has 1 saturated heterocycles. The summed E-state index contributed by atoms with van der Waals surface area (Å²) in [7, 11) is 0. The van der Waals surface area contributed by atoms with E-state index in [-0.39, 0.29) is 11.9 Å². The molecule has 0 aromatic heterocycles. The summed E-state index contributed by atoms with van der Waals surface area (Å²) in [5.41, 5.74) is 2.65. The lowest BCUT2D eigenvalue weighted by Gasteiger charge is -2.32. The van der Waals surface area contributed by atoms with E-state index in [4.69, 9.17) is 9.73 Å². The maximum atomic E-state index is 13.1. The van der Waals surface area contributed by atoms with E-state index in [0.717, 1.165) is 37.2 Å². The second-order valence-corrected chi connectivity index (χ2v) is 7.56. The van der Waals surface area contributed by atoms with Crippen LogP contribution in [0.1, 0.15) is 49.0 Å². The third kappa shape index (κ3) is 5.47. The van der Waals surface area contributed by atoms with Gasteiger partial charge in [0.05, 0.1) is 11.3 Å². The van der Waals surface area contributed by atoms with Crippen LogP contribution < -0.4 is 5.32 Å². The molecule has 1 atom stereocenters. The first-order chi connectivity index (χ1) is 14.5. The summed E-state index contributed by atoms with van der Waals surface area (Å²) in [4.78, 5) is 31.7. The number of nitrogens with one attached hydrogen (secondary N) is 1. The van der Waals surface area contributed by atoms with E-state index in [9.17, 15) is 9.59 Å². The molecular weight excluding hydrogens is 378 g/mol. The highest BCUT2D eigenvalue weighted by atomic mass is 16.5. The second-order valence-electron chi connectivity index (χ2n) is 7.56. The van der Waals surface area contributed by atoms with Crippen LogP contribution in [0.3, 0.4) is 0 Å². The molecule has 1 aliphatic heterocycles. The molecule has 6 heteroatoms. The van der Waals surface area contributed by atoms with Crippen LogP contribution in [0.5, 0.6) is 0 Å². The van der Waals surface area contributed by atoms with Gasteiger partial charge in [0.1, 0.15) is 5.84 Å². The minimum Gasteiger partial charge on any atom is -0.455 e. The first kappa shape index (κ1) is 21.6. The van der Waals surface area contributed by atoms with Gasteiger partial charge in [-0.05, 0) is 56.9 Å². The number of ether oxygens (including phenoxy) is 1. The molecule has 0 saturated carbocycles. The second kappa shape index (κ2) is 10.1. The number of amidine groups is 1. The summed E-state index contributed by atoms with van der Waals surface area (Å²) >= 11 is 0. The quantitative estimate of drug-likeness (QED) is 0.442. The van der Waals surface area contributed by atoms with Crippen LogP contribution in [-0.2, 0) is 9.53 Å². The van der Waals surface area contributed by atoms with Crippen molar-refractivity contribution in [2.24, 2.45) is 4.99 Å². The molecule has 2 aromatic rings. The number of carbonyl (C=O) groups is 2. The van der Waals surface area contributed by atoms with Gasteiger partial charge in [-0.1, -0.05) is 30.3 Å². The molecule has 1 N–H and O–H groups in total. The van der Waals surface area contributed by atoms with Crippen molar-refractivity contribution in [2.45, 2.75) is 46.1 Å². The largest absolute Gasteiger partial charge is 0.455 e. The van der Waals surface area contributed by atoms with Crippen molar-refractivity contribution in [1.82, 2.24) is 4.90 Å². The maximum Gasteiger partial charge on any atom is 0.303 e. The lowest BCUT2D eigenvalue weighted by molar-refractivity contribution is -0.142. The number of aryl methyl sites for hydroxylation is 1. The first-order valence-corrected chi connectivity index (χ1v) is 10.4. The molecule has 1 amide bonds. The number of aliphatic imine (C=N–C) groups is 1. The Morgan fingerprint density at radius 2 is 1.73 bits per heavy atom. The smallest absolute Gasteiger partial charge is 0.303 e. The minimum atomic E-state index is -0.494. The molecule has 2 aromatic carbocycles. The standard InChI is InChI=1S/C24H29N3O3/c1-17-11-10-14-21(22(17)24(29)25-20-12-6-4-7-13-20)26-23(18(2)30-19(3)28)27-15-8-5-9-16-27/h4,6-7,10-14,18H,5,8-9,15-16H2,1-3H3,(H,25,29)/b26-23+/t18-/m0/s1. The monoisotopic (exact) mass is 407 g/mol. The molecule has 30 heavy (non-hydrogen) atoms. The zero-order valence-electron chi connectivity index (χ0n) is 17.9. The number of piperidine rings is 1. The molecule has 0 aliphatic carbocycles. The Labute approximate surface area is 178 Å². The van der Waals surface area contributed by atoms with E-state index in [1.54, 1.807) is 0 Å². The summed E-state index contributed by atoms with van der Waals surface area (Å²) in [6.45, 7) is 6.85. The Balaban J connectivity index is 1.98. The maximum absolute atomic E-state index is 13.1. The molecule has 158 valence electrons. The molecule has 1 heterocycles. The first-order valence-electron chi connectivity index (χ1n) is 10.4. The van der Waals surface area contributed by atoms with Crippen molar-refractivity contribution < 1.29 is 14.3 Å². The van der Waals surface area contributed by atoms with Crippen molar-refractivity contribution >= 4 is 29.1 Å². The van der Waals surface area contributed by atoms with Gasteiger partial charge in [-0.2, -0.15) is 0 Å². The van der Waals surface area contributed by atoms with Crippen LogP contribution in [0.4, 0.5) is 11.4 Å². The van der Waals surface area contributed by atoms with Crippen LogP contribution in [0.2, 0.25) is 0 Å². The number of hydrogen-bond acceptors (Lipinski definition) is 4. The SMILES string of the molecule is CC(=O)O[C@@H](C)/C(=N\c1cccc(C)c1C(=O)Nc1ccccc1)N1CCCCC1. The number of rotatable bonds is 5. The fourth-order valence-electron chi connectivity index (χ4n) is 3.72. The van der Waals surface area contributed by atoms with E-state index in [1.165, 1.54) is 13.3 Å². The highest BCUT2D eigenvalue weighted by Gasteiger charge is 2.24. The van der Waals surface area contributed by atoms with Gasteiger partial charge in [0.25, 0.3) is 5.91 Å². The number of benzene rings is 2. The van der Waals surface area contributed by atoms with Crippen LogP contribution in [0.15, 0.2) is 53.5 Å². The van der Waals surface area contributed by atoms with Gasteiger partial charge in [0.2, 0.25) is 0 Å². The highest BCUT2D eigenvalue weighted by Crippen LogP contribution is 2.26. The zero-order valence-corrected chi connectivity index (χ0v) is 17.9. The Kier molecular flexibility index (Phi) is 7.22. The molecule has 0 spiro atoms. The summed E-state index contributed by atoms with van der Waals surface area (Å²) in [5, 5.41) is 2.95. The Morgan fingerprint density at radius 1 is 1.03 bits per heavy atom. The molecule has 3 rings (SSSR count). The van der Waals surface area contributed by atoms with Crippen molar-refractivity contribution in [2.75, 3.05) is 18.4 Å². The van der Waals surface area contributed by atoms with E-state index < -0.39 is 6.10 Å². The topological polar surface area (TPSA) is 71.0 Å². The number of para-hydroxylation sites is 1. The van der Waals surface area contributed by atoms with Gasteiger partial charge in [-0.3, -0.25) is 9.59 Å². The lowest BCUT2D eigenvalue weighted by Crippen LogP contribution is -2.42. The number of nitrogens with zero attached hydrogens (tertiary/aromatic N) is 2. The molecule has 0 unspecified atom stereocenters. The third-order valence-corrected chi connectivity index (χ3v) is 5.13. The third-order valence-electron chi connectivity index (χ3n) is 5.13. The summed E-state index contributed by atoms with van der Waals surface area (Å²) < 4.78 is 5.45.